The number of carbonyl (C=O) groups is 1. The second-order valence-electron chi connectivity index (χ2n) is 6.23. The average molecular weight is 390 g/mol. The summed E-state index contributed by atoms with van der Waals surface area (Å²) in [7, 11) is -2.49. The largest absolute Gasteiger partial charge is 0.465 e. The zero-order chi connectivity index (χ0) is 19.6. The van der Waals surface area contributed by atoms with Crippen LogP contribution in [0.1, 0.15) is 28.3 Å². The van der Waals surface area contributed by atoms with Gasteiger partial charge < -0.3 is 4.74 Å². The molecule has 0 aromatic heterocycles. The lowest BCUT2D eigenvalue weighted by atomic mass is 9.96. The van der Waals surface area contributed by atoms with Crippen LogP contribution in [-0.4, -0.2) is 38.7 Å². The van der Waals surface area contributed by atoms with Gasteiger partial charge in [0.1, 0.15) is 0 Å². The molecule has 0 saturated carbocycles. The number of non-ortho nitro benzene ring substituents is 1. The summed E-state index contributed by atoms with van der Waals surface area (Å²) in [5.41, 5.74) is 0.643. The zero-order valence-corrected chi connectivity index (χ0v) is 15.4. The minimum Gasteiger partial charge on any atom is -0.465 e. The Balaban J connectivity index is 2.04. The van der Waals surface area contributed by atoms with Gasteiger partial charge in [0, 0.05) is 24.6 Å². The average Bonchev–Trinajstić information content (AvgIpc) is 2.67. The SMILES string of the molecule is COC(=O)c1cc(N2CC(c3ccccc3)CCS2(=O)=O)cc([N+](=O)[O-])c1. The van der Waals surface area contributed by atoms with Crippen LogP contribution in [0.4, 0.5) is 11.4 Å². The van der Waals surface area contributed by atoms with Gasteiger partial charge in [0.15, 0.2) is 0 Å². The molecular formula is C18H18N2O6S. The molecule has 2 aromatic carbocycles. The fourth-order valence-corrected chi connectivity index (χ4v) is 4.79. The third kappa shape index (κ3) is 3.92. The molecule has 1 heterocycles. The van der Waals surface area contributed by atoms with E-state index in [1.807, 2.05) is 30.3 Å². The smallest absolute Gasteiger partial charge is 0.338 e. The fraction of sp³-hybridized carbons (Fsp3) is 0.278. The predicted octanol–water partition coefficient (Wildman–Crippen LogP) is 2.71. The van der Waals surface area contributed by atoms with Crippen LogP contribution in [0.25, 0.3) is 0 Å². The third-order valence-corrected chi connectivity index (χ3v) is 6.32. The van der Waals surface area contributed by atoms with Gasteiger partial charge >= 0.3 is 5.97 Å². The summed E-state index contributed by atoms with van der Waals surface area (Å²) in [5.74, 6) is -0.896. The second kappa shape index (κ2) is 7.36. The molecule has 1 saturated heterocycles. The van der Waals surface area contributed by atoms with Gasteiger partial charge in [-0.2, -0.15) is 0 Å². The molecule has 0 N–H and O–H groups in total. The van der Waals surface area contributed by atoms with Gasteiger partial charge in [-0.25, -0.2) is 13.2 Å². The van der Waals surface area contributed by atoms with Crippen molar-refractivity contribution >= 4 is 27.4 Å². The normalized spacial score (nSPS) is 18.7. The highest BCUT2D eigenvalue weighted by Gasteiger charge is 2.33. The number of anilines is 1. The first-order valence-corrected chi connectivity index (χ1v) is 9.86. The predicted molar refractivity (Wildman–Crippen MR) is 99.4 cm³/mol. The van der Waals surface area contributed by atoms with E-state index in [1.54, 1.807) is 0 Å². The number of nitro groups is 1. The highest BCUT2D eigenvalue weighted by molar-refractivity contribution is 7.92. The molecule has 3 rings (SSSR count). The molecule has 0 bridgehead atoms. The van der Waals surface area contributed by atoms with Gasteiger partial charge in [0.05, 0.1) is 29.0 Å². The van der Waals surface area contributed by atoms with E-state index >= 15 is 0 Å². The summed E-state index contributed by atoms with van der Waals surface area (Å²) in [5, 5.41) is 11.2. The van der Waals surface area contributed by atoms with Crippen molar-refractivity contribution in [2.75, 3.05) is 23.7 Å². The van der Waals surface area contributed by atoms with E-state index in [0.29, 0.717) is 6.42 Å². The van der Waals surface area contributed by atoms with E-state index in [9.17, 15) is 23.3 Å². The minimum absolute atomic E-state index is 0.0458. The van der Waals surface area contributed by atoms with Crippen LogP contribution in [0.15, 0.2) is 48.5 Å². The number of sulfonamides is 1. The van der Waals surface area contributed by atoms with E-state index in [4.69, 9.17) is 0 Å². The number of benzene rings is 2. The summed E-state index contributed by atoms with van der Waals surface area (Å²) >= 11 is 0. The molecule has 8 nitrogen and oxygen atoms in total. The highest BCUT2D eigenvalue weighted by Crippen LogP contribution is 2.34. The van der Waals surface area contributed by atoms with E-state index in [1.165, 1.54) is 6.07 Å². The standard InChI is InChI=1S/C18H18N2O6S/c1-26-18(21)15-9-16(11-17(10-15)20(22)23)19-12-14(7-8-27(19,24)25)13-5-3-2-4-6-13/h2-6,9-11,14H,7-8,12H2,1H3. The number of nitrogens with zero attached hydrogens (tertiary/aromatic N) is 2. The maximum absolute atomic E-state index is 12.6. The van der Waals surface area contributed by atoms with E-state index in [-0.39, 0.29) is 35.2 Å². The number of hydrogen-bond donors (Lipinski definition) is 0. The highest BCUT2D eigenvalue weighted by atomic mass is 32.2. The van der Waals surface area contributed by atoms with Crippen molar-refractivity contribution in [1.29, 1.82) is 0 Å². The van der Waals surface area contributed by atoms with Crippen LogP contribution in [-0.2, 0) is 14.8 Å². The number of rotatable bonds is 4. The second-order valence-corrected chi connectivity index (χ2v) is 8.24. The van der Waals surface area contributed by atoms with Gasteiger partial charge in [0.2, 0.25) is 10.0 Å². The topological polar surface area (TPSA) is 107 Å². The van der Waals surface area contributed by atoms with Crippen LogP contribution >= 0.6 is 0 Å². The Hall–Kier alpha value is -2.94. The first-order chi connectivity index (χ1) is 12.8. The molecule has 1 fully saturated rings. The van der Waals surface area contributed by atoms with Gasteiger partial charge in [-0.15, -0.1) is 0 Å². The van der Waals surface area contributed by atoms with Crippen LogP contribution in [0, 0.1) is 10.1 Å². The first kappa shape index (κ1) is 18.8. The molecule has 1 aliphatic rings. The molecule has 9 heteroatoms. The van der Waals surface area contributed by atoms with Crippen molar-refractivity contribution in [3.63, 3.8) is 0 Å². The lowest BCUT2D eigenvalue weighted by Crippen LogP contribution is -2.41. The molecule has 1 aliphatic heterocycles. The monoisotopic (exact) mass is 390 g/mol. The summed E-state index contributed by atoms with van der Waals surface area (Å²) < 4.78 is 31.0. The summed E-state index contributed by atoms with van der Waals surface area (Å²) in [6, 6.07) is 13.0. The Kier molecular flexibility index (Phi) is 5.13. The number of carbonyl (C=O) groups excluding carboxylic acids is 1. The van der Waals surface area contributed by atoms with Crippen molar-refractivity contribution in [2.45, 2.75) is 12.3 Å². The maximum Gasteiger partial charge on any atom is 0.338 e. The van der Waals surface area contributed by atoms with Crippen LogP contribution in [0.3, 0.4) is 0 Å². The van der Waals surface area contributed by atoms with E-state index in [2.05, 4.69) is 4.74 Å². The van der Waals surface area contributed by atoms with Crippen LogP contribution in [0.2, 0.25) is 0 Å². The lowest BCUT2D eigenvalue weighted by molar-refractivity contribution is -0.384. The molecule has 1 unspecified atom stereocenters. The quantitative estimate of drug-likeness (QED) is 0.451. The molecule has 0 aliphatic carbocycles. The third-order valence-electron chi connectivity index (χ3n) is 4.54. The van der Waals surface area contributed by atoms with E-state index in [0.717, 1.165) is 29.1 Å². The van der Waals surface area contributed by atoms with Crippen molar-refractivity contribution in [3.8, 4) is 0 Å². The van der Waals surface area contributed by atoms with E-state index < -0.39 is 20.9 Å². The van der Waals surface area contributed by atoms with Gasteiger partial charge in [0.25, 0.3) is 5.69 Å². The fourth-order valence-electron chi connectivity index (χ4n) is 3.15. The van der Waals surface area contributed by atoms with Crippen molar-refractivity contribution in [1.82, 2.24) is 0 Å². The molecule has 0 amide bonds. The number of esters is 1. The van der Waals surface area contributed by atoms with Crippen molar-refractivity contribution in [2.24, 2.45) is 0 Å². The molecule has 0 radical (unpaired) electrons. The Morgan fingerprint density at radius 3 is 2.56 bits per heavy atom. The Morgan fingerprint density at radius 2 is 1.93 bits per heavy atom. The molecule has 142 valence electrons. The van der Waals surface area contributed by atoms with Crippen molar-refractivity contribution in [3.05, 3.63) is 69.8 Å². The Labute approximate surface area is 156 Å². The van der Waals surface area contributed by atoms with Gasteiger partial charge in [-0.05, 0) is 18.1 Å². The molecular weight excluding hydrogens is 372 g/mol. The molecule has 0 spiro atoms. The first-order valence-electron chi connectivity index (χ1n) is 8.25. The van der Waals surface area contributed by atoms with Gasteiger partial charge in [-0.1, -0.05) is 30.3 Å². The number of hydrogen-bond acceptors (Lipinski definition) is 6. The molecule has 27 heavy (non-hydrogen) atoms. The minimum atomic E-state index is -3.65. The van der Waals surface area contributed by atoms with Crippen molar-refractivity contribution < 1.29 is 22.9 Å². The van der Waals surface area contributed by atoms with Gasteiger partial charge in [-0.3, -0.25) is 14.4 Å². The van der Waals surface area contributed by atoms with Crippen LogP contribution < -0.4 is 4.31 Å². The molecule has 2 aromatic rings. The summed E-state index contributed by atoms with van der Waals surface area (Å²) in [4.78, 5) is 22.4. The lowest BCUT2D eigenvalue weighted by Gasteiger charge is -2.34. The maximum atomic E-state index is 12.6. The Morgan fingerprint density at radius 1 is 1.22 bits per heavy atom. The van der Waals surface area contributed by atoms with Crippen LogP contribution in [0.5, 0.6) is 0 Å². The molecule has 1 atom stereocenters. The summed E-state index contributed by atoms with van der Waals surface area (Å²) in [6.45, 7) is 0.147. The number of methoxy groups -OCH3 is 1. The summed E-state index contributed by atoms with van der Waals surface area (Å²) in [6.07, 6.45) is 0.460. The number of nitro benzene ring substituents is 1. The number of ether oxygens (including phenoxy) is 1. The zero-order valence-electron chi connectivity index (χ0n) is 14.6. The Bertz CT molecular complexity index is 975.